The zero-order valence-corrected chi connectivity index (χ0v) is 33.5. The van der Waals surface area contributed by atoms with Gasteiger partial charge in [-0.25, -0.2) is 15.0 Å². The van der Waals surface area contributed by atoms with Crippen LogP contribution < -0.4 is 5.32 Å². The maximum absolute atomic E-state index is 9.76. The average Bonchev–Trinajstić information content (AvgIpc) is 3.74. The molecular formula is C56H37N5O. The lowest BCUT2D eigenvalue weighted by atomic mass is 9.88. The van der Waals surface area contributed by atoms with E-state index < -0.39 is 0 Å². The number of para-hydroxylation sites is 3. The van der Waals surface area contributed by atoms with Gasteiger partial charge < -0.3 is 9.73 Å². The average molecular weight is 796 g/mol. The number of hydrogen-bond acceptors (Lipinski definition) is 6. The lowest BCUT2D eigenvalue weighted by Gasteiger charge is -2.21. The first-order chi connectivity index (χ1) is 30.6. The molecule has 0 fully saturated rings. The van der Waals surface area contributed by atoms with E-state index in [9.17, 15) is 5.41 Å². The maximum atomic E-state index is 9.76. The Hall–Kier alpha value is -8.48. The summed E-state index contributed by atoms with van der Waals surface area (Å²) in [4.78, 5) is 15.3. The summed E-state index contributed by atoms with van der Waals surface area (Å²) < 4.78 is 6.38. The van der Waals surface area contributed by atoms with E-state index in [0.29, 0.717) is 23.2 Å². The van der Waals surface area contributed by atoms with Gasteiger partial charge in [0.2, 0.25) is 0 Å². The number of furan rings is 1. The summed E-state index contributed by atoms with van der Waals surface area (Å²) in [7, 11) is 0. The smallest absolute Gasteiger partial charge is 0.164 e. The molecule has 6 nitrogen and oxygen atoms in total. The zero-order chi connectivity index (χ0) is 41.4. The second-order valence-electron chi connectivity index (χ2n) is 15.2. The van der Waals surface area contributed by atoms with E-state index in [1.54, 1.807) is 0 Å². The highest BCUT2D eigenvalue weighted by Gasteiger charge is 2.22. The number of rotatable bonds is 9. The lowest BCUT2D eigenvalue weighted by molar-refractivity contribution is 0.670. The van der Waals surface area contributed by atoms with E-state index in [1.807, 2.05) is 127 Å². The van der Waals surface area contributed by atoms with E-state index in [2.05, 4.69) is 90.2 Å². The molecule has 0 aliphatic rings. The van der Waals surface area contributed by atoms with E-state index in [1.165, 1.54) is 0 Å². The number of nitrogens with one attached hydrogen (secondary N) is 2. The third-order valence-electron chi connectivity index (χ3n) is 11.4. The van der Waals surface area contributed by atoms with Crippen molar-refractivity contribution in [2.45, 2.75) is 0 Å². The Morgan fingerprint density at radius 2 is 0.952 bits per heavy atom. The van der Waals surface area contributed by atoms with Crippen LogP contribution in [0.3, 0.4) is 0 Å². The molecule has 0 aliphatic heterocycles. The molecule has 0 atom stereocenters. The van der Waals surface area contributed by atoms with Crippen molar-refractivity contribution in [3.8, 4) is 56.4 Å². The molecule has 2 N–H and O–H groups in total. The highest BCUT2D eigenvalue weighted by Crippen LogP contribution is 2.41. The molecule has 292 valence electrons. The predicted molar refractivity (Wildman–Crippen MR) is 254 cm³/mol. The topological polar surface area (TPSA) is 87.7 Å². The maximum Gasteiger partial charge on any atom is 0.164 e. The molecule has 0 amide bonds. The van der Waals surface area contributed by atoms with E-state index in [4.69, 9.17) is 19.4 Å². The Morgan fingerprint density at radius 1 is 0.419 bits per heavy atom. The Labute approximate surface area is 358 Å². The molecule has 0 saturated heterocycles. The monoisotopic (exact) mass is 795 g/mol. The fourth-order valence-electron chi connectivity index (χ4n) is 8.31. The Morgan fingerprint density at radius 3 is 1.66 bits per heavy atom. The largest absolute Gasteiger partial charge is 0.455 e. The van der Waals surface area contributed by atoms with Crippen molar-refractivity contribution in [3.05, 3.63) is 223 Å². The van der Waals surface area contributed by atoms with Crippen LogP contribution in [0.25, 0.3) is 89.1 Å². The molecule has 11 aromatic rings. The van der Waals surface area contributed by atoms with Gasteiger partial charge in [-0.3, -0.25) is 5.41 Å². The van der Waals surface area contributed by atoms with Gasteiger partial charge in [-0.05, 0) is 52.4 Å². The van der Waals surface area contributed by atoms with Crippen LogP contribution in [0.1, 0.15) is 11.1 Å². The number of benzene rings is 9. The van der Waals surface area contributed by atoms with Gasteiger partial charge in [0.1, 0.15) is 11.2 Å². The van der Waals surface area contributed by atoms with Crippen LogP contribution in [0.5, 0.6) is 0 Å². The second-order valence-corrected chi connectivity index (χ2v) is 15.2. The Kier molecular flexibility index (Phi) is 9.21. The van der Waals surface area contributed by atoms with Gasteiger partial charge in [-0.2, -0.15) is 0 Å². The fourth-order valence-corrected chi connectivity index (χ4v) is 8.31. The van der Waals surface area contributed by atoms with Gasteiger partial charge in [0.05, 0.1) is 11.4 Å². The molecule has 9 aromatic carbocycles. The lowest BCUT2D eigenvalue weighted by Crippen LogP contribution is -2.09. The number of hydrogen-bond donors (Lipinski definition) is 2. The third-order valence-corrected chi connectivity index (χ3v) is 11.4. The van der Waals surface area contributed by atoms with Crippen molar-refractivity contribution >= 4 is 49.8 Å². The van der Waals surface area contributed by atoms with E-state index >= 15 is 0 Å². The number of aromatic nitrogens is 3. The molecule has 6 heteroatoms. The highest BCUT2D eigenvalue weighted by molar-refractivity contribution is 6.22. The van der Waals surface area contributed by atoms with E-state index in [0.717, 1.165) is 94.2 Å². The van der Waals surface area contributed by atoms with Crippen molar-refractivity contribution in [3.63, 3.8) is 0 Å². The molecular weight excluding hydrogens is 759 g/mol. The molecule has 0 radical (unpaired) electrons. The van der Waals surface area contributed by atoms with Crippen molar-refractivity contribution in [2.24, 2.45) is 0 Å². The van der Waals surface area contributed by atoms with Gasteiger partial charge in [0, 0.05) is 55.2 Å². The summed E-state index contributed by atoms with van der Waals surface area (Å²) in [6, 6.07) is 71.7. The molecule has 2 heterocycles. The van der Waals surface area contributed by atoms with E-state index in [-0.39, 0.29) is 0 Å². The first-order valence-corrected chi connectivity index (χ1v) is 20.6. The van der Waals surface area contributed by atoms with Crippen molar-refractivity contribution in [1.29, 1.82) is 5.41 Å². The normalized spacial score (nSPS) is 11.3. The van der Waals surface area contributed by atoms with Crippen LogP contribution in [0.2, 0.25) is 0 Å². The Balaban J connectivity index is 1.08. The van der Waals surface area contributed by atoms with Crippen LogP contribution in [0.4, 0.5) is 11.4 Å². The summed E-state index contributed by atoms with van der Waals surface area (Å²) in [6.45, 7) is 0. The van der Waals surface area contributed by atoms with Gasteiger partial charge in [0.15, 0.2) is 17.5 Å². The number of fused-ring (bicyclic) bond motifs is 4. The van der Waals surface area contributed by atoms with Crippen LogP contribution in [-0.2, 0) is 0 Å². The van der Waals surface area contributed by atoms with Crippen molar-refractivity contribution < 1.29 is 4.42 Å². The minimum absolute atomic E-state index is 0.420. The summed E-state index contributed by atoms with van der Waals surface area (Å²) in [5.74, 6) is 1.69. The van der Waals surface area contributed by atoms with Gasteiger partial charge >= 0.3 is 0 Å². The van der Waals surface area contributed by atoms with Gasteiger partial charge in [-0.1, -0.05) is 182 Å². The highest BCUT2D eigenvalue weighted by atomic mass is 16.3. The number of anilines is 2. The molecule has 62 heavy (non-hydrogen) atoms. The first kappa shape index (κ1) is 36.6. The van der Waals surface area contributed by atoms with Crippen molar-refractivity contribution in [2.75, 3.05) is 5.32 Å². The van der Waals surface area contributed by atoms with Crippen LogP contribution in [-0.4, -0.2) is 20.7 Å². The molecule has 2 aromatic heterocycles. The standard InChI is InChI=1S/C56H37N5O/c57-51(38-18-7-2-8-19-38)50-47(36-16-5-1-6-17-36)34-41-32-33-42(35-48(41)52(50)58-43-22-11-4-12-23-43)56-60-54(39-20-9-3-10-21-39)59-55(61-56)40-30-28-37(29-31-40)44-25-15-26-46-45-24-13-14-27-49(45)62-53(44)46/h1-35,57-58H. The summed E-state index contributed by atoms with van der Waals surface area (Å²) in [5, 5.41) is 17.7. The Bertz CT molecular complexity index is 3420. The van der Waals surface area contributed by atoms with Gasteiger partial charge in [-0.15, -0.1) is 0 Å². The molecule has 0 aliphatic carbocycles. The van der Waals surface area contributed by atoms with Crippen LogP contribution >= 0.6 is 0 Å². The zero-order valence-electron chi connectivity index (χ0n) is 33.5. The molecule has 0 spiro atoms. The SMILES string of the molecule is N=C(c1ccccc1)c1c(-c2ccccc2)cc2ccc(-c3nc(-c4ccccc4)nc(-c4ccc(-c5cccc6c5oc5ccccc56)cc4)n3)cc2c1Nc1ccccc1. The van der Waals surface area contributed by atoms with Crippen molar-refractivity contribution in [1.82, 2.24) is 15.0 Å². The fraction of sp³-hybridized carbons (Fsp3) is 0. The minimum atomic E-state index is 0.420. The number of nitrogens with zero attached hydrogens (tertiary/aromatic N) is 3. The molecule has 11 rings (SSSR count). The summed E-state index contributed by atoms with van der Waals surface area (Å²) in [5.41, 5.74) is 12.2. The molecule has 0 bridgehead atoms. The van der Waals surface area contributed by atoms with Crippen LogP contribution in [0, 0.1) is 5.41 Å². The van der Waals surface area contributed by atoms with Gasteiger partial charge in [0.25, 0.3) is 0 Å². The quantitative estimate of drug-likeness (QED) is 0.142. The second kappa shape index (κ2) is 15.6. The summed E-state index contributed by atoms with van der Waals surface area (Å²) in [6.07, 6.45) is 0. The predicted octanol–water partition coefficient (Wildman–Crippen LogP) is 14.4. The van der Waals surface area contributed by atoms with Crippen LogP contribution in [0.15, 0.2) is 217 Å². The molecule has 0 unspecified atom stereocenters. The minimum Gasteiger partial charge on any atom is -0.455 e. The summed E-state index contributed by atoms with van der Waals surface area (Å²) >= 11 is 0. The first-order valence-electron chi connectivity index (χ1n) is 20.6. The molecule has 0 saturated carbocycles. The third kappa shape index (κ3) is 6.76.